The highest BCUT2D eigenvalue weighted by Crippen LogP contribution is 2.41. The van der Waals surface area contributed by atoms with Crippen molar-refractivity contribution in [3.05, 3.63) is 29.3 Å². The number of hydrogen-bond donors (Lipinski definition) is 0. The van der Waals surface area contributed by atoms with Gasteiger partial charge in [0.15, 0.2) is 0 Å². The summed E-state index contributed by atoms with van der Waals surface area (Å²) in [4.78, 5) is 12.3. The molecule has 1 aromatic carbocycles. The predicted octanol–water partition coefficient (Wildman–Crippen LogP) is 3.40. The van der Waals surface area contributed by atoms with Crippen molar-refractivity contribution in [1.82, 2.24) is 0 Å². The Bertz CT molecular complexity index is 544. The van der Waals surface area contributed by atoms with Gasteiger partial charge in [-0.15, -0.1) is 0 Å². The fraction of sp³-hybridized carbons (Fsp3) is 0.429. The molecule has 1 aliphatic rings. The minimum absolute atomic E-state index is 0.00268. The van der Waals surface area contributed by atoms with Gasteiger partial charge in [-0.2, -0.15) is 18.4 Å². The number of nitrogens with zero attached hydrogens (tertiary/aromatic N) is 2. The fourth-order valence-electron chi connectivity index (χ4n) is 2.16. The SMILES string of the molecule is N#CCCN(c1ccc(C=O)cc1C(F)(F)F)C1CC1. The van der Waals surface area contributed by atoms with E-state index >= 15 is 0 Å². The third-order valence-electron chi connectivity index (χ3n) is 3.22. The van der Waals surface area contributed by atoms with Gasteiger partial charge in [0.1, 0.15) is 6.29 Å². The third kappa shape index (κ3) is 3.10. The number of carbonyl (C=O) groups excluding carboxylic acids is 1. The smallest absolute Gasteiger partial charge is 0.367 e. The maximum absolute atomic E-state index is 13.1. The molecule has 1 aromatic rings. The van der Waals surface area contributed by atoms with Crippen LogP contribution in [-0.4, -0.2) is 18.9 Å². The van der Waals surface area contributed by atoms with Crippen molar-refractivity contribution in [3.8, 4) is 6.07 Å². The van der Waals surface area contributed by atoms with Crippen molar-refractivity contribution in [3.63, 3.8) is 0 Å². The van der Waals surface area contributed by atoms with Crippen molar-refractivity contribution < 1.29 is 18.0 Å². The number of alkyl halides is 3. The molecule has 2 rings (SSSR count). The van der Waals surface area contributed by atoms with Gasteiger partial charge in [-0.3, -0.25) is 4.79 Å². The number of hydrogen-bond acceptors (Lipinski definition) is 3. The number of anilines is 1. The molecule has 3 nitrogen and oxygen atoms in total. The Kier molecular flexibility index (Phi) is 3.98. The largest absolute Gasteiger partial charge is 0.418 e. The minimum Gasteiger partial charge on any atom is -0.367 e. The number of rotatable bonds is 5. The van der Waals surface area contributed by atoms with E-state index in [-0.39, 0.29) is 30.3 Å². The molecule has 1 aliphatic carbocycles. The van der Waals surface area contributed by atoms with Crippen LogP contribution in [0.15, 0.2) is 18.2 Å². The second-order valence-corrected chi connectivity index (χ2v) is 4.72. The lowest BCUT2D eigenvalue weighted by atomic mass is 10.1. The lowest BCUT2D eigenvalue weighted by Gasteiger charge is -2.27. The summed E-state index contributed by atoms with van der Waals surface area (Å²) in [7, 11) is 0. The highest BCUT2D eigenvalue weighted by molar-refractivity contribution is 5.77. The van der Waals surface area contributed by atoms with E-state index in [2.05, 4.69) is 0 Å². The summed E-state index contributed by atoms with van der Waals surface area (Å²) >= 11 is 0. The first-order valence-electron chi connectivity index (χ1n) is 6.27. The van der Waals surface area contributed by atoms with Gasteiger partial charge >= 0.3 is 6.18 Å². The molecule has 20 heavy (non-hydrogen) atoms. The molecule has 6 heteroatoms. The zero-order chi connectivity index (χ0) is 14.8. The second kappa shape index (κ2) is 5.53. The van der Waals surface area contributed by atoms with Gasteiger partial charge < -0.3 is 4.90 Å². The van der Waals surface area contributed by atoms with E-state index in [0.29, 0.717) is 6.29 Å². The number of benzene rings is 1. The van der Waals surface area contributed by atoms with Crippen LogP contribution in [0.5, 0.6) is 0 Å². The molecule has 0 bridgehead atoms. The number of halogens is 3. The van der Waals surface area contributed by atoms with E-state index in [9.17, 15) is 18.0 Å². The average Bonchev–Trinajstić information content (AvgIpc) is 3.23. The van der Waals surface area contributed by atoms with Gasteiger partial charge in [0.05, 0.1) is 18.1 Å². The highest BCUT2D eigenvalue weighted by atomic mass is 19.4. The van der Waals surface area contributed by atoms with Crippen LogP contribution >= 0.6 is 0 Å². The monoisotopic (exact) mass is 282 g/mol. The van der Waals surface area contributed by atoms with Gasteiger partial charge in [-0.1, -0.05) is 0 Å². The molecule has 1 fully saturated rings. The fourth-order valence-corrected chi connectivity index (χ4v) is 2.16. The number of aldehydes is 1. The summed E-state index contributed by atoms with van der Waals surface area (Å²) in [5.74, 6) is 0. The van der Waals surface area contributed by atoms with Crippen LogP contribution in [0, 0.1) is 11.3 Å². The molecule has 0 unspecified atom stereocenters. The molecule has 0 radical (unpaired) electrons. The van der Waals surface area contributed by atoms with E-state index < -0.39 is 11.7 Å². The van der Waals surface area contributed by atoms with Crippen LogP contribution in [0.4, 0.5) is 18.9 Å². The highest BCUT2D eigenvalue weighted by Gasteiger charge is 2.38. The normalized spacial score (nSPS) is 14.7. The predicted molar refractivity (Wildman–Crippen MR) is 67.4 cm³/mol. The topological polar surface area (TPSA) is 44.1 Å². The van der Waals surface area contributed by atoms with E-state index in [1.54, 1.807) is 4.90 Å². The van der Waals surface area contributed by atoms with Crippen molar-refractivity contribution in [2.45, 2.75) is 31.5 Å². The quantitative estimate of drug-likeness (QED) is 0.777. The summed E-state index contributed by atoms with van der Waals surface area (Å²) in [5.41, 5.74) is -0.759. The summed E-state index contributed by atoms with van der Waals surface area (Å²) < 4.78 is 39.4. The number of nitriles is 1. The molecule has 0 saturated heterocycles. The molecule has 0 aliphatic heterocycles. The first-order valence-corrected chi connectivity index (χ1v) is 6.27. The van der Waals surface area contributed by atoms with Crippen LogP contribution in [0.25, 0.3) is 0 Å². The minimum atomic E-state index is -4.52. The summed E-state index contributed by atoms with van der Waals surface area (Å²) in [6.45, 7) is 0.269. The molecule has 1 saturated carbocycles. The zero-order valence-corrected chi connectivity index (χ0v) is 10.7. The summed E-state index contributed by atoms with van der Waals surface area (Å²) in [6.07, 6.45) is -2.29. The zero-order valence-electron chi connectivity index (χ0n) is 10.7. The molecular formula is C14H13F3N2O. The van der Waals surface area contributed by atoms with Gasteiger partial charge in [-0.25, -0.2) is 0 Å². The second-order valence-electron chi connectivity index (χ2n) is 4.72. The number of carbonyl (C=O) groups is 1. The lowest BCUT2D eigenvalue weighted by molar-refractivity contribution is -0.137. The van der Waals surface area contributed by atoms with Crippen LogP contribution in [0.2, 0.25) is 0 Å². The van der Waals surface area contributed by atoms with Gasteiger partial charge in [0.25, 0.3) is 0 Å². The Morgan fingerprint density at radius 3 is 2.60 bits per heavy atom. The standard InChI is InChI=1S/C14H13F3N2O/c15-14(16,17)12-8-10(9-20)2-5-13(12)19(7-1-6-18)11-3-4-11/h2,5,8-9,11H,1,3-4,7H2. The van der Waals surface area contributed by atoms with E-state index in [1.165, 1.54) is 12.1 Å². The Hall–Kier alpha value is -2.03. The van der Waals surface area contributed by atoms with Crippen molar-refractivity contribution in [2.24, 2.45) is 0 Å². The molecule has 0 heterocycles. The summed E-state index contributed by atoms with van der Waals surface area (Å²) in [6, 6.07) is 5.58. The Balaban J connectivity index is 2.42. The molecular weight excluding hydrogens is 269 g/mol. The Morgan fingerprint density at radius 2 is 2.10 bits per heavy atom. The van der Waals surface area contributed by atoms with Gasteiger partial charge in [-0.05, 0) is 31.0 Å². The first-order chi connectivity index (χ1) is 9.47. The van der Waals surface area contributed by atoms with Crippen molar-refractivity contribution >= 4 is 12.0 Å². The van der Waals surface area contributed by atoms with Crippen LogP contribution in [0.1, 0.15) is 35.2 Å². The van der Waals surface area contributed by atoms with E-state index in [4.69, 9.17) is 5.26 Å². The molecule has 0 atom stereocenters. The Morgan fingerprint density at radius 1 is 1.40 bits per heavy atom. The van der Waals surface area contributed by atoms with E-state index in [1.807, 2.05) is 6.07 Å². The van der Waals surface area contributed by atoms with Crippen LogP contribution in [0.3, 0.4) is 0 Å². The molecule has 0 spiro atoms. The van der Waals surface area contributed by atoms with Crippen LogP contribution in [-0.2, 0) is 6.18 Å². The van der Waals surface area contributed by atoms with Gasteiger partial charge in [0.2, 0.25) is 0 Å². The first kappa shape index (κ1) is 14.4. The molecule has 0 aromatic heterocycles. The molecule has 0 N–H and O–H groups in total. The Labute approximate surface area is 114 Å². The summed E-state index contributed by atoms with van der Waals surface area (Å²) in [5, 5.41) is 8.63. The average molecular weight is 282 g/mol. The van der Waals surface area contributed by atoms with Crippen LogP contribution < -0.4 is 4.90 Å². The molecule has 106 valence electrons. The van der Waals surface area contributed by atoms with Crippen molar-refractivity contribution in [2.75, 3.05) is 11.4 Å². The lowest BCUT2D eigenvalue weighted by Crippen LogP contribution is -2.29. The maximum atomic E-state index is 13.1. The third-order valence-corrected chi connectivity index (χ3v) is 3.22. The molecule has 0 amide bonds. The van der Waals surface area contributed by atoms with Crippen molar-refractivity contribution in [1.29, 1.82) is 5.26 Å². The van der Waals surface area contributed by atoms with Gasteiger partial charge in [0, 0.05) is 23.8 Å². The van der Waals surface area contributed by atoms with E-state index in [0.717, 1.165) is 18.9 Å². The maximum Gasteiger partial charge on any atom is 0.418 e.